The number of allylic oxidation sites excluding steroid dienone is 1. The van der Waals surface area contributed by atoms with Gasteiger partial charge in [0.1, 0.15) is 5.82 Å². The molecular weight excluding hydrogens is 124 g/mol. The Kier molecular flexibility index (Phi) is 1.90. The first-order valence-electron chi connectivity index (χ1n) is 3.40. The van der Waals surface area contributed by atoms with Gasteiger partial charge in [-0.15, -0.1) is 0 Å². The van der Waals surface area contributed by atoms with Crippen molar-refractivity contribution in [1.82, 2.24) is 4.90 Å². The lowest BCUT2D eigenvalue weighted by atomic mass is 10.3. The van der Waals surface area contributed by atoms with Crippen LogP contribution in [0, 0.1) is 0 Å². The Balaban J connectivity index is 2.70. The largest absolute Gasteiger partial charge is 0.331 e. The number of rotatable bonds is 1. The smallest absolute Gasteiger partial charge is 0.125 e. The van der Waals surface area contributed by atoms with Crippen LogP contribution < -0.4 is 0 Å². The molecule has 0 aromatic heterocycles. The zero-order valence-corrected chi connectivity index (χ0v) is 6.41. The SMILES string of the molecule is C=C1N=CC=CN1C(C)C. The lowest BCUT2D eigenvalue weighted by Gasteiger charge is -2.25. The number of hydrogen-bond donors (Lipinski definition) is 0. The number of nitrogens with zero attached hydrogens (tertiary/aromatic N) is 2. The summed E-state index contributed by atoms with van der Waals surface area (Å²) in [5, 5.41) is 0. The van der Waals surface area contributed by atoms with E-state index in [2.05, 4.69) is 25.4 Å². The van der Waals surface area contributed by atoms with E-state index in [1.807, 2.05) is 17.2 Å². The zero-order valence-electron chi connectivity index (χ0n) is 6.41. The van der Waals surface area contributed by atoms with Crippen molar-refractivity contribution in [2.45, 2.75) is 19.9 Å². The van der Waals surface area contributed by atoms with E-state index >= 15 is 0 Å². The second-order valence-electron chi connectivity index (χ2n) is 2.54. The lowest BCUT2D eigenvalue weighted by Crippen LogP contribution is -2.24. The first-order chi connectivity index (χ1) is 4.72. The quantitative estimate of drug-likeness (QED) is 0.536. The fraction of sp³-hybridized carbons (Fsp3) is 0.375. The van der Waals surface area contributed by atoms with Crippen LogP contribution >= 0.6 is 0 Å². The third kappa shape index (κ3) is 1.26. The fourth-order valence-electron chi connectivity index (χ4n) is 0.883. The van der Waals surface area contributed by atoms with Crippen LogP contribution in [0.1, 0.15) is 13.8 Å². The molecule has 1 rings (SSSR count). The van der Waals surface area contributed by atoms with E-state index in [4.69, 9.17) is 0 Å². The molecule has 2 heteroatoms. The van der Waals surface area contributed by atoms with E-state index in [9.17, 15) is 0 Å². The maximum absolute atomic E-state index is 4.05. The monoisotopic (exact) mass is 136 g/mol. The van der Waals surface area contributed by atoms with Gasteiger partial charge in [0.05, 0.1) is 0 Å². The maximum Gasteiger partial charge on any atom is 0.125 e. The molecule has 0 aromatic carbocycles. The Morgan fingerprint density at radius 3 is 2.70 bits per heavy atom. The molecule has 10 heavy (non-hydrogen) atoms. The van der Waals surface area contributed by atoms with E-state index in [1.165, 1.54) is 0 Å². The molecule has 0 saturated carbocycles. The van der Waals surface area contributed by atoms with Gasteiger partial charge in [-0.3, -0.25) is 0 Å². The van der Waals surface area contributed by atoms with E-state index in [0.29, 0.717) is 6.04 Å². The molecule has 0 atom stereocenters. The molecule has 0 unspecified atom stereocenters. The molecule has 0 spiro atoms. The van der Waals surface area contributed by atoms with Gasteiger partial charge >= 0.3 is 0 Å². The van der Waals surface area contributed by atoms with Crippen molar-refractivity contribution in [2.24, 2.45) is 4.99 Å². The summed E-state index contributed by atoms with van der Waals surface area (Å²) in [5.74, 6) is 0.817. The van der Waals surface area contributed by atoms with Crippen LogP contribution in [0.25, 0.3) is 0 Å². The highest BCUT2D eigenvalue weighted by atomic mass is 15.2. The summed E-state index contributed by atoms with van der Waals surface area (Å²) in [5.41, 5.74) is 0. The Hall–Kier alpha value is -1.05. The van der Waals surface area contributed by atoms with Gasteiger partial charge in [0.25, 0.3) is 0 Å². The summed E-state index contributed by atoms with van der Waals surface area (Å²) in [7, 11) is 0. The Labute approximate surface area is 61.6 Å². The van der Waals surface area contributed by atoms with Crippen LogP contribution in [-0.2, 0) is 0 Å². The van der Waals surface area contributed by atoms with Gasteiger partial charge in [0.15, 0.2) is 0 Å². The van der Waals surface area contributed by atoms with Gasteiger partial charge in [0.2, 0.25) is 0 Å². The predicted octanol–water partition coefficient (Wildman–Crippen LogP) is 1.77. The Morgan fingerprint density at radius 1 is 1.60 bits per heavy atom. The van der Waals surface area contributed by atoms with Crippen molar-refractivity contribution in [2.75, 3.05) is 0 Å². The standard InChI is InChI=1S/C8H12N2/c1-7(2)10-6-4-5-9-8(10)3/h4-7H,3H2,1-2H3. The zero-order chi connectivity index (χ0) is 7.56. The van der Waals surface area contributed by atoms with Crippen molar-refractivity contribution in [3.8, 4) is 0 Å². The first-order valence-corrected chi connectivity index (χ1v) is 3.40. The highest BCUT2D eigenvalue weighted by Crippen LogP contribution is 2.11. The van der Waals surface area contributed by atoms with Gasteiger partial charge in [-0.25, -0.2) is 4.99 Å². The number of hydrogen-bond acceptors (Lipinski definition) is 2. The molecule has 1 heterocycles. The van der Waals surface area contributed by atoms with Gasteiger partial charge in [-0.05, 0) is 19.9 Å². The summed E-state index contributed by atoms with van der Waals surface area (Å²) < 4.78 is 0. The summed E-state index contributed by atoms with van der Waals surface area (Å²) in [6.07, 6.45) is 5.65. The minimum atomic E-state index is 0.446. The third-order valence-corrected chi connectivity index (χ3v) is 1.41. The maximum atomic E-state index is 4.05. The molecule has 0 N–H and O–H groups in total. The minimum absolute atomic E-state index is 0.446. The van der Waals surface area contributed by atoms with Crippen LogP contribution in [-0.4, -0.2) is 17.2 Å². The van der Waals surface area contributed by atoms with Crippen LogP contribution in [0.4, 0.5) is 0 Å². The Bertz CT molecular complexity index is 189. The molecule has 0 saturated heterocycles. The molecule has 2 nitrogen and oxygen atoms in total. The van der Waals surface area contributed by atoms with Gasteiger partial charge in [0, 0.05) is 18.5 Å². The lowest BCUT2D eigenvalue weighted by molar-refractivity contribution is 0.381. The van der Waals surface area contributed by atoms with Crippen molar-refractivity contribution in [1.29, 1.82) is 0 Å². The molecule has 0 bridgehead atoms. The van der Waals surface area contributed by atoms with E-state index in [-0.39, 0.29) is 0 Å². The molecular formula is C8H12N2. The van der Waals surface area contributed by atoms with Crippen LogP contribution in [0.5, 0.6) is 0 Å². The molecule has 0 aromatic rings. The summed E-state index contributed by atoms with van der Waals surface area (Å²) >= 11 is 0. The van der Waals surface area contributed by atoms with Gasteiger partial charge < -0.3 is 4.90 Å². The van der Waals surface area contributed by atoms with Crippen molar-refractivity contribution < 1.29 is 0 Å². The summed E-state index contributed by atoms with van der Waals surface area (Å²) in [4.78, 5) is 6.08. The predicted molar refractivity (Wildman–Crippen MR) is 43.7 cm³/mol. The minimum Gasteiger partial charge on any atom is -0.331 e. The number of aliphatic imine (C=N–C) groups is 1. The average molecular weight is 136 g/mol. The first kappa shape index (κ1) is 7.06. The molecule has 0 aliphatic carbocycles. The topological polar surface area (TPSA) is 15.6 Å². The molecule has 0 fully saturated rings. The van der Waals surface area contributed by atoms with Crippen LogP contribution in [0.2, 0.25) is 0 Å². The summed E-state index contributed by atoms with van der Waals surface area (Å²) in [6, 6.07) is 0.446. The second-order valence-corrected chi connectivity index (χ2v) is 2.54. The van der Waals surface area contributed by atoms with E-state index in [1.54, 1.807) is 6.21 Å². The van der Waals surface area contributed by atoms with Crippen LogP contribution in [0.3, 0.4) is 0 Å². The Morgan fingerprint density at radius 2 is 2.30 bits per heavy atom. The molecule has 54 valence electrons. The highest BCUT2D eigenvalue weighted by molar-refractivity contribution is 5.73. The second kappa shape index (κ2) is 2.69. The van der Waals surface area contributed by atoms with Crippen molar-refractivity contribution in [3.05, 3.63) is 24.7 Å². The van der Waals surface area contributed by atoms with Gasteiger partial charge in [-0.1, -0.05) is 6.58 Å². The van der Waals surface area contributed by atoms with Crippen LogP contribution in [0.15, 0.2) is 29.7 Å². The van der Waals surface area contributed by atoms with Crippen molar-refractivity contribution in [3.63, 3.8) is 0 Å². The molecule has 1 aliphatic rings. The normalized spacial score (nSPS) is 17.1. The molecule has 0 radical (unpaired) electrons. The highest BCUT2D eigenvalue weighted by Gasteiger charge is 2.07. The molecule has 1 aliphatic heterocycles. The average Bonchev–Trinajstić information content (AvgIpc) is 1.88. The summed E-state index contributed by atoms with van der Waals surface area (Å²) in [6.45, 7) is 8.01. The van der Waals surface area contributed by atoms with E-state index in [0.717, 1.165) is 5.82 Å². The van der Waals surface area contributed by atoms with E-state index < -0.39 is 0 Å². The molecule has 0 amide bonds. The van der Waals surface area contributed by atoms with Gasteiger partial charge in [-0.2, -0.15) is 0 Å². The fourth-order valence-corrected chi connectivity index (χ4v) is 0.883. The van der Waals surface area contributed by atoms with Crippen molar-refractivity contribution >= 4 is 6.21 Å². The third-order valence-electron chi connectivity index (χ3n) is 1.41.